The summed E-state index contributed by atoms with van der Waals surface area (Å²) in [5, 5.41) is 0. The molecular weight excluding hydrogens is 288 g/mol. The lowest BCUT2D eigenvalue weighted by Gasteiger charge is -2.59. The molecule has 4 aliphatic rings. The van der Waals surface area contributed by atoms with Crippen LogP contribution in [0.5, 0.6) is 0 Å². The molecule has 0 heterocycles. The molecule has 4 fully saturated rings. The maximum atomic E-state index is 12.9. The summed E-state index contributed by atoms with van der Waals surface area (Å²) in [5.41, 5.74) is -1.25. The molecule has 120 valence electrons. The van der Waals surface area contributed by atoms with Gasteiger partial charge in [-0.05, 0) is 70.6 Å². The lowest BCUT2D eigenvalue weighted by Crippen LogP contribution is -2.60. The first-order chi connectivity index (χ1) is 11.2. The van der Waals surface area contributed by atoms with E-state index in [1.54, 1.807) is 0 Å². The average molecular weight is 320 g/mol. The van der Waals surface area contributed by atoms with Gasteiger partial charge in [0.15, 0.2) is 4.29 Å². The Labute approximate surface area is 131 Å². The second-order valence-corrected chi connectivity index (χ2v) is 10.3. The van der Waals surface area contributed by atoms with Crippen molar-refractivity contribution in [2.75, 3.05) is 0 Å². The van der Waals surface area contributed by atoms with Crippen LogP contribution in [0.3, 0.4) is 0 Å². The predicted molar refractivity (Wildman–Crippen MR) is 78.0 cm³/mol. The summed E-state index contributed by atoms with van der Waals surface area (Å²) in [5.74, 6) is 0.471. The van der Waals surface area contributed by atoms with Gasteiger partial charge in [-0.1, -0.05) is 0 Å². The molecule has 4 rings (SSSR count). The number of carbonyl (C=O) groups excluding carboxylic acids is 1. The molecule has 0 aromatic heterocycles. The Morgan fingerprint density at radius 2 is 1.76 bits per heavy atom. The molecule has 0 aromatic carbocycles. The number of ether oxygens (including phenoxy) is 1. The van der Waals surface area contributed by atoms with E-state index in [1.807, 2.05) is 20.8 Å². The van der Waals surface area contributed by atoms with Crippen molar-refractivity contribution in [3.8, 4) is 0 Å². The van der Waals surface area contributed by atoms with Gasteiger partial charge in [0, 0.05) is 5.54 Å². The Balaban J connectivity index is 1.86. The fraction of sp³-hybridized carbons (Fsp3) is 0.933. The zero-order valence-electron chi connectivity index (χ0n) is 15.9. The van der Waals surface area contributed by atoms with E-state index in [2.05, 4.69) is 14.4 Å². The van der Waals surface area contributed by atoms with Crippen LogP contribution >= 0.6 is 0 Å². The van der Waals surface area contributed by atoms with Crippen molar-refractivity contribution in [1.82, 2.24) is 0 Å². The first kappa shape index (κ1) is 12.0. The molecule has 4 bridgehead atoms. The van der Waals surface area contributed by atoms with Gasteiger partial charge in [0.1, 0.15) is 5.60 Å². The highest BCUT2D eigenvalue weighted by Gasteiger charge is 2.64. The minimum atomic E-state index is -3.69. The lowest BCUT2D eigenvalue weighted by atomic mass is 9.49. The van der Waals surface area contributed by atoms with Crippen LogP contribution in [0, 0.1) is 23.2 Å². The Morgan fingerprint density at radius 1 is 1.19 bits per heavy atom. The Bertz CT molecular complexity index is 484. The summed E-state index contributed by atoms with van der Waals surface area (Å²) in [6, 6.07) is 0. The van der Waals surface area contributed by atoms with Gasteiger partial charge in [-0.15, -0.1) is 0 Å². The number of esters is 1. The van der Waals surface area contributed by atoms with Crippen LogP contribution in [0.1, 0.15) is 52.9 Å². The van der Waals surface area contributed by atoms with Crippen LogP contribution in [0.4, 0.5) is 0 Å². The Kier molecular flexibility index (Phi) is 2.60. The SMILES string of the molecule is [3H]O[Si](O[3H])(O[3H])C1C2CC3CC1CC(C(=O)OC(C)(C)C)(C3)C2. The van der Waals surface area contributed by atoms with Gasteiger partial charge in [0.2, 0.25) is 0 Å². The quantitative estimate of drug-likeness (QED) is 0.527. The maximum Gasteiger partial charge on any atom is 0.496 e. The minimum absolute atomic E-state index is 0.0801. The molecule has 4 aliphatic carbocycles. The zero-order chi connectivity index (χ0) is 17.8. The van der Waals surface area contributed by atoms with Crippen molar-refractivity contribution in [1.29, 1.82) is 4.29 Å². The van der Waals surface area contributed by atoms with Crippen molar-refractivity contribution in [2.24, 2.45) is 23.2 Å². The van der Waals surface area contributed by atoms with E-state index in [0.717, 1.165) is 19.3 Å². The molecule has 21 heavy (non-hydrogen) atoms. The van der Waals surface area contributed by atoms with Gasteiger partial charge < -0.3 is 19.1 Å². The highest BCUT2D eigenvalue weighted by Crippen LogP contribution is 2.65. The average Bonchev–Trinajstić information content (AvgIpc) is 2.49. The van der Waals surface area contributed by atoms with Gasteiger partial charge in [-0.25, -0.2) is 0 Å². The predicted octanol–water partition coefficient (Wildman–Crippen LogP) is 1.44. The molecule has 3 N–H and O–H groups in total. The first-order valence-electron chi connectivity index (χ1n) is 9.07. The molecule has 4 saturated carbocycles. The fourth-order valence-electron chi connectivity index (χ4n) is 5.24. The summed E-state index contributed by atoms with van der Waals surface area (Å²) in [4.78, 5) is 26.9. The van der Waals surface area contributed by atoms with Gasteiger partial charge in [0.05, 0.1) is 5.41 Å². The smallest absolute Gasteiger partial charge is 0.460 e. The van der Waals surface area contributed by atoms with E-state index in [9.17, 15) is 4.79 Å². The molecule has 0 aromatic rings. The fourth-order valence-corrected chi connectivity index (χ4v) is 6.90. The van der Waals surface area contributed by atoms with Gasteiger partial charge in [-0.2, -0.15) is 0 Å². The summed E-state index contributed by atoms with van der Waals surface area (Å²) in [6.45, 7) is 5.63. The maximum absolute atomic E-state index is 12.9. The monoisotopic (exact) mass is 320 g/mol. The molecule has 0 spiro atoms. The topological polar surface area (TPSA) is 87.0 Å². The van der Waals surface area contributed by atoms with Crippen LogP contribution in [0.15, 0.2) is 0 Å². The van der Waals surface area contributed by atoms with Crippen LogP contribution in [-0.4, -0.2) is 39.1 Å². The van der Waals surface area contributed by atoms with Crippen molar-refractivity contribution in [3.63, 3.8) is 0 Å². The van der Waals surface area contributed by atoms with Crippen molar-refractivity contribution < 1.29 is 23.9 Å². The van der Waals surface area contributed by atoms with Crippen molar-refractivity contribution in [2.45, 2.75) is 64.0 Å². The molecule has 0 radical (unpaired) electrons. The summed E-state index contributed by atoms with van der Waals surface area (Å²) in [7, 11) is -3.69. The van der Waals surface area contributed by atoms with Gasteiger partial charge in [0.25, 0.3) is 0 Å². The van der Waals surface area contributed by atoms with Crippen molar-refractivity contribution in [3.05, 3.63) is 0 Å². The second kappa shape index (κ2) is 4.53. The van der Waals surface area contributed by atoms with E-state index in [-0.39, 0.29) is 23.3 Å². The third-order valence-corrected chi connectivity index (χ3v) is 7.27. The molecule has 6 heteroatoms. The lowest BCUT2D eigenvalue weighted by molar-refractivity contribution is -0.184. The van der Waals surface area contributed by atoms with Crippen LogP contribution in [-0.2, 0) is 9.53 Å². The first-order valence-corrected chi connectivity index (χ1v) is 9.65. The molecular formula is C15H26O5Si. The number of carbonyl (C=O) groups is 1. The van der Waals surface area contributed by atoms with Crippen LogP contribution in [0.2, 0.25) is 5.54 Å². The summed E-state index contributed by atoms with van der Waals surface area (Å²) in [6.07, 6.45) is 3.96. The second-order valence-electron chi connectivity index (χ2n) is 8.38. The summed E-state index contributed by atoms with van der Waals surface area (Å²) < 4.78 is 27.6. The van der Waals surface area contributed by atoms with Crippen molar-refractivity contribution >= 4 is 14.8 Å². The number of rotatable bonds is 5. The highest BCUT2D eigenvalue weighted by molar-refractivity contribution is 6.58. The zero-order valence-corrected chi connectivity index (χ0v) is 13.9. The highest BCUT2D eigenvalue weighted by atomic mass is 28.4. The largest absolute Gasteiger partial charge is 0.496 e. The van der Waals surface area contributed by atoms with Gasteiger partial charge in [-0.3, -0.25) is 4.79 Å². The minimum Gasteiger partial charge on any atom is -0.460 e. The normalized spacial score (nSPS) is 44.0. The third kappa shape index (κ3) is 2.67. The van der Waals surface area contributed by atoms with E-state index in [4.69, 9.17) is 9.03 Å². The number of hydrogen-bond acceptors (Lipinski definition) is 5. The van der Waals surface area contributed by atoms with E-state index in [1.165, 1.54) is 0 Å². The Hall–Kier alpha value is -0.433. The molecule has 2 atom stereocenters. The van der Waals surface area contributed by atoms with E-state index >= 15 is 0 Å². The summed E-state index contributed by atoms with van der Waals surface area (Å²) >= 11 is 0. The van der Waals surface area contributed by atoms with Crippen LogP contribution < -0.4 is 0 Å². The third-order valence-electron chi connectivity index (χ3n) is 5.51. The number of hydrogen-bond donors (Lipinski definition) is 3. The Morgan fingerprint density at radius 3 is 2.24 bits per heavy atom. The van der Waals surface area contributed by atoms with E-state index < -0.39 is 19.8 Å². The molecule has 0 amide bonds. The van der Waals surface area contributed by atoms with E-state index in [0.29, 0.717) is 18.8 Å². The molecule has 0 saturated heterocycles. The molecule has 2 unspecified atom stereocenters. The molecule has 0 aliphatic heterocycles. The van der Waals surface area contributed by atoms with Gasteiger partial charge >= 0.3 is 14.8 Å². The molecule has 5 nitrogen and oxygen atoms in total. The standard InChI is InChI=1S/C15H26O5Si/c1-14(2,3)20-13(16)15-6-9-4-10(7-15)12(21(17,18)19)11(5-9)8-15/h9-12,17-19H,4-8H2,1-3H3/i17T,18T,19T. The van der Waals surface area contributed by atoms with Crippen LogP contribution in [0.25, 0.3) is 0 Å².